The Morgan fingerprint density at radius 2 is 2.24 bits per heavy atom. The van der Waals surface area contributed by atoms with E-state index in [4.69, 9.17) is 15.6 Å². The van der Waals surface area contributed by atoms with E-state index in [2.05, 4.69) is 5.32 Å². The lowest BCUT2D eigenvalue weighted by Crippen LogP contribution is -2.42. The summed E-state index contributed by atoms with van der Waals surface area (Å²) < 4.78 is 5.22. The third-order valence-electron chi connectivity index (χ3n) is 3.42. The van der Waals surface area contributed by atoms with Gasteiger partial charge in [-0.3, -0.25) is 9.69 Å². The van der Waals surface area contributed by atoms with Gasteiger partial charge in [0, 0.05) is 24.9 Å². The zero-order chi connectivity index (χ0) is 15.8. The SMILES string of the molecule is CCN(CCCO)C(C)C(=O)Nc1ccc(N)cc1OC. The van der Waals surface area contributed by atoms with Gasteiger partial charge >= 0.3 is 0 Å². The van der Waals surface area contributed by atoms with Crippen LogP contribution in [0.1, 0.15) is 20.3 Å². The first-order valence-electron chi connectivity index (χ1n) is 7.12. The molecule has 0 aliphatic carbocycles. The molecule has 0 aromatic heterocycles. The number of nitrogens with one attached hydrogen (secondary N) is 1. The third kappa shape index (κ3) is 4.91. The Labute approximate surface area is 125 Å². The summed E-state index contributed by atoms with van der Waals surface area (Å²) in [5.74, 6) is 0.423. The number of carbonyl (C=O) groups is 1. The number of rotatable bonds is 8. The van der Waals surface area contributed by atoms with Crippen molar-refractivity contribution in [3.05, 3.63) is 18.2 Å². The summed E-state index contributed by atoms with van der Waals surface area (Å²) >= 11 is 0. The molecule has 0 fully saturated rings. The quantitative estimate of drug-likeness (QED) is 0.629. The van der Waals surface area contributed by atoms with Crippen molar-refractivity contribution >= 4 is 17.3 Å². The molecule has 1 atom stereocenters. The van der Waals surface area contributed by atoms with Gasteiger partial charge in [-0.25, -0.2) is 0 Å². The van der Waals surface area contributed by atoms with E-state index in [9.17, 15) is 4.79 Å². The first-order chi connectivity index (χ1) is 10.0. The van der Waals surface area contributed by atoms with Gasteiger partial charge in [0.1, 0.15) is 5.75 Å². The highest BCUT2D eigenvalue weighted by atomic mass is 16.5. The molecule has 1 amide bonds. The van der Waals surface area contributed by atoms with Gasteiger partial charge in [-0.1, -0.05) is 6.92 Å². The van der Waals surface area contributed by atoms with E-state index < -0.39 is 0 Å². The highest BCUT2D eigenvalue weighted by molar-refractivity contribution is 5.96. The number of likely N-dealkylation sites (N-methyl/N-ethyl adjacent to an activating group) is 1. The van der Waals surface area contributed by atoms with E-state index >= 15 is 0 Å². The van der Waals surface area contributed by atoms with Crippen LogP contribution in [-0.2, 0) is 4.79 Å². The molecule has 0 aliphatic heterocycles. The molecule has 1 rings (SSSR count). The van der Waals surface area contributed by atoms with Crippen molar-refractivity contribution in [1.82, 2.24) is 4.90 Å². The van der Waals surface area contributed by atoms with Crippen LogP contribution in [0.15, 0.2) is 18.2 Å². The molecule has 1 aromatic carbocycles. The maximum absolute atomic E-state index is 12.3. The van der Waals surface area contributed by atoms with Crippen LogP contribution in [0.25, 0.3) is 0 Å². The second-order valence-electron chi connectivity index (χ2n) is 4.83. The summed E-state index contributed by atoms with van der Waals surface area (Å²) in [7, 11) is 1.54. The molecule has 4 N–H and O–H groups in total. The van der Waals surface area contributed by atoms with Crippen LogP contribution in [-0.4, -0.2) is 48.8 Å². The van der Waals surface area contributed by atoms with Crippen molar-refractivity contribution in [2.24, 2.45) is 0 Å². The Kier molecular flexibility index (Phi) is 6.98. The fourth-order valence-electron chi connectivity index (χ4n) is 2.11. The molecule has 1 unspecified atom stereocenters. The topological polar surface area (TPSA) is 87.8 Å². The zero-order valence-electron chi connectivity index (χ0n) is 12.9. The number of hydrogen-bond donors (Lipinski definition) is 3. The summed E-state index contributed by atoms with van der Waals surface area (Å²) in [6.07, 6.45) is 0.649. The number of ether oxygens (including phenoxy) is 1. The first-order valence-corrected chi connectivity index (χ1v) is 7.12. The predicted molar refractivity (Wildman–Crippen MR) is 84.4 cm³/mol. The lowest BCUT2D eigenvalue weighted by molar-refractivity contribution is -0.120. The summed E-state index contributed by atoms with van der Waals surface area (Å²) in [4.78, 5) is 14.3. The highest BCUT2D eigenvalue weighted by Crippen LogP contribution is 2.26. The van der Waals surface area contributed by atoms with Crippen molar-refractivity contribution in [3.8, 4) is 5.75 Å². The Morgan fingerprint density at radius 1 is 1.52 bits per heavy atom. The van der Waals surface area contributed by atoms with Crippen LogP contribution in [0.2, 0.25) is 0 Å². The summed E-state index contributed by atoms with van der Waals surface area (Å²) in [5.41, 5.74) is 6.87. The van der Waals surface area contributed by atoms with Crippen LogP contribution in [0.3, 0.4) is 0 Å². The molecule has 0 aliphatic rings. The maximum atomic E-state index is 12.3. The summed E-state index contributed by atoms with van der Waals surface area (Å²) in [6.45, 7) is 5.38. The minimum Gasteiger partial charge on any atom is -0.494 e. The normalized spacial score (nSPS) is 12.2. The van der Waals surface area contributed by atoms with E-state index in [-0.39, 0.29) is 18.6 Å². The Hall–Kier alpha value is -1.79. The molecule has 1 aromatic rings. The van der Waals surface area contributed by atoms with Crippen LogP contribution in [0.5, 0.6) is 5.75 Å². The van der Waals surface area contributed by atoms with E-state index in [1.807, 2.05) is 18.7 Å². The number of nitrogens with two attached hydrogens (primary N) is 1. The van der Waals surface area contributed by atoms with Gasteiger partial charge in [0.15, 0.2) is 0 Å². The number of carbonyl (C=O) groups excluding carboxylic acids is 1. The third-order valence-corrected chi connectivity index (χ3v) is 3.42. The van der Waals surface area contributed by atoms with Crippen molar-refractivity contribution in [3.63, 3.8) is 0 Å². The minimum absolute atomic E-state index is 0.113. The molecular formula is C15H25N3O3. The maximum Gasteiger partial charge on any atom is 0.241 e. The number of amides is 1. The van der Waals surface area contributed by atoms with Gasteiger partial charge in [-0.05, 0) is 32.0 Å². The number of nitrogens with zero attached hydrogens (tertiary/aromatic N) is 1. The summed E-state index contributed by atoms with van der Waals surface area (Å²) in [5, 5.41) is 11.8. The monoisotopic (exact) mass is 295 g/mol. The Morgan fingerprint density at radius 3 is 2.81 bits per heavy atom. The highest BCUT2D eigenvalue weighted by Gasteiger charge is 2.20. The van der Waals surface area contributed by atoms with Crippen molar-refractivity contribution in [1.29, 1.82) is 0 Å². The molecule has 0 spiro atoms. The Balaban J connectivity index is 2.75. The minimum atomic E-state index is -0.288. The van der Waals surface area contributed by atoms with Gasteiger partial charge in [-0.15, -0.1) is 0 Å². The number of aliphatic hydroxyl groups excluding tert-OH is 1. The molecule has 21 heavy (non-hydrogen) atoms. The summed E-state index contributed by atoms with van der Waals surface area (Å²) in [6, 6.07) is 4.82. The number of benzene rings is 1. The second kappa shape index (κ2) is 8.49. The van der Waals surface area contributed by atoms with Crippen LogP contribution >= 0.6 is 0 Å². The zero-order valence-corrected chi connectivity index (χ0v) is 12.9. The largest absolute Gasteiger partial charge is 0.494 e. The second-order valence-corrected chi connectivity index (χ2v) is 4.83. The standard InChI is InChI=1S/C15H25N3O3/c1-4-18(8-5-9-19)11(2)15(20)17-13-7-6-12(16)10-14(13)21-3/h6-7,10-11,19H,4-5,8-9,16H2,1-3H3,(H,17,20). The van der Waals surface area contributed by atoms with Gasteiger partial charge in [-0.2, -0.15) is 0 Å². The average Bonchev–Trinajstić information content (AvgIpc) is 2.49. The molecule has 0 saturated carbocycles. The number of anilines is 2. The van der Waals surface area contributed by atoms with E-state index in [0.29, 0.717) is 30.1 Å². The molecule has 6 nitrogen and oxygen atoms in total. The van der Waals surface area contributed by atoms with E-state index in [1.165, 1.54) is 7.11 Å². The fourth-order valence-corrected chi connectivity index (χ4v) is 2.11. The molecule has 6 heteroatoms. The fraction of sp³-hybridized carbons (Fsp3) is 0.533. The molecule has 0 heterocycles. The number of nitrogen functional groups attached to an aromatic ring is 1. The number of methoxy groups -OCH3 is 1. The molecule has 118 valence electrons. The van der Waals surface area contributed by atoms with E-state index in [1.54, 1.807) is 18.2 Å². The Bertz CT molecular complexity index is 465. The van der Waals surface area contributed by atoms with Crippen LogP contribution in [0.4, 0.5) is 11.4 Å². The van der Waals surface area contributed by atoms with Crippen molar-refractivity contribution in [2.45, 2.75) is 26.3 Å². The lowest BCUT2D eigenvalue weighted by atomic mass is 10.2. The predicted octanol–water partition coefficient (Wildman–Crippen LogP) is 1.31. The van der Waals surface area contributed by atoms with Crippen molar-refractivity contribution < 1.29 is 14.6 Å². The number of aliphatic hydroxyl groups is 1. The van der Waals surface area contributed by atoms with Crippen molar-refractivity contribution in [2.75, 3.05) is 37.9 Å². The molecule has 0 bridgehead atoms. The molecule has 0 saturated heterocycles. The van der Waals surface area contributed by atoms with E-state index in [0.717, 1.165) is 6.54 Å². The number of hydrogen-bond acceptors (Lipinski definition) is 5. The van der Waals surface area contributed by atoms with Gasteiger partial charge in [0.2, 0.25) is 5.91 Å². The smallest absolute Gasteiger partial charge is 0.241 e. The van der Waals surface area contributed by atoms with Gasteiger partial charge in [0.05, 0.1) is 18.8 Å². The first kappa shape index (κ1) is 17.3. The van der Waals surface area contributed by atoms with Crippen LogP contribution in [0, 0.1) is 0 Å². The molecule has 0 radical (unpaired) electrons. The van der Waals surface area contributed by atoms with Crippen LogP contribution < -0.4 is 15.8 Å². The van der Waals surface area contributed by atoms with Gasteiger partial charge < -0.3 is 20.9 Å². The lowest BCUT2D eigenvalue weighted by Gasteiger charge is -2.26. The van der Waals surface area contributed by atoms with Gasteiger partial charge in [0.25, 0.3) is 0 Å². The average molecular weight is 295 g/mol. The molecular weight excluding hydrogens is 270 g/mol.